The van der Waals surface area contributed by atoms with Gasteiger partial charge in [0.1, 0.15) is 11.5 Å². The van der Waals surface area contributed by atoms with Gasteiger partial charge in [-0.3, -0.25) is 4.99 Å². The largest absolute Gasteiger partial charge is 0.497 e. The average Bonchev–Trinajstić information content (AvgIpc) is 2.72. The monoisotopic (exact) mass is 513 g/mol. The smallest absolute Gasteiger partial charge is 0.194 e. The normalized spacial score (nSPS) is 12.0. The number of halogens is 1. The molecule has 6 nitrogen and oxygen atoms in total. The van der Waals surface area contributed by atoms with E-state index >= 15 is 0 Å². The molecule has 0 saturated heterocycles. The number of ether oxygens (including phenoxy) is 2. The highest BCUT2D eigenvalue weighted by atomic mass is 127. The quantitative estimate of drug-likeness (QED) is 0.303. The number of aliphatic hydroxyl groups is 1. The molecule has 160 valence electrons. The molecule has 0 aliphatic rings. The van der Waals surface area contributed by atoms with Crippen molar-refractivity contribution in [2.75, 3.05) is 33.9 Å². The van der Waals surface area contributed by atoms with Crippen LogP contribution in [0.5, 0.6) is 11.5 Å². The second-order valence-electron chi connectivity index (χ2n) is 6.42. The summed E-state index contributed by atoms with van der Waals surface area (Å²) >= 11 is 0. The van der Waals surface area contributed by atoms with Crippen LogP contribution in [0.1, 0.15) is 31.1 Å². The van der Waals surface area contributed by atoms with Crippen molar-refractivity contribution in [2.45, 2.75) is 26.5 Å². The number of hydrogen-bond donors (Lipinski definition) is 2. The fourth-order valence-electron chi connectivity index (χ4n) is 2.80. The van der Waals surface area contributed by atoms with E-state index in [0.717, 1.165) is 35.1 Å². The van der Waals surface area contributed by atoms with Crippen molar-refractivity contribution in [3.05, 3.63) is 59.7 Å². The maximum absolute atomic E-state index is 10.5. The zero-order valence-electron chi connectivity index (χ0n) is 17.6. The lowest BCUT2D eigenvalue weighted by Gasteiger charge is -2.23. The van der Waals surface area contributed by atoms with Crippen LogP contribution < -0.4 is 14.8 Å². The highest BCUT2D eigenvalue weighted by Gasteiger charge is 2.11. The predicted molar refractivity (Wildman–Crippen MR) is 128 cm³/mol. The molecule has 2 aromatic rings. The Bertz CT molecular complexity index is 753. The number of guanidine groups is 1. The van der Waals surface area contributed by atoms with Crippen LogP contribution in [-0.4, -0.2) is 49.8 Å². The zero-order chi connectivity index (χ0) is 20.4. The molecular weight excluding hydrogens is 481 g/mol. The van der Waals surface area contributed by atoms with Gasteiger partial charge in [-0.05, 0) is 49.2 Å². The molecule has 2 N–H and O–H groups in total. The molecule has 7 heteroatoms. The zero-order valence-corrected chi connectivity index (χ0v) is 19.9. The molecule has 0 spiro atoms. The lowest BCUT2D eigenvalue weighted by molar-refractivity contribution is 0.186. The van der Waals surface area contributed by atoms with Crippen LogP contribution in [0.15, 0.2) is 53.5 Å². The van der Waals surface area contributed by atoms with Gasteiger partial charge in [0.2, 0.25) is 0 Å². The van der Waals surface area contributed by atoms with Gasteiger partial charge in [-0.2, -0.15) is 0 Å². The number of hydrogen-bond acceptors (Lipinski definition) is 4. The van der Waals surface area contributed by atoms with Gasteiger partial charge >= 0.3 is 0 Å². The highest BCUT2D eigenvalue weighted by Crippen LogP contribution is 2.19. The Morgan fingerprint density at radius 3 is 2.48 bits per heavy atom. The summed E-state index contributed by atoms with van der Waals surface area (Å²) in [6, 6.07) is 15.5. The Balaban J connectivity index is 0.00000420. The van der Waals surface area contributed by atoms with Gasteiger partial charge in [0.05, 0.1) is 26.4 Å². The van der Waals surface area contributed by atoms with Crippen LogP contribution in [0.2, 0.25) is 0 Å². The van der Waals surface area contributed by atoms with E-state index in [-0.39, 0.29) is 30.5 Å². The molecule has 1 atom stereocenters. The summed E-state index contributed by atoms with van der Waals surface area (Å²) in [5, 5.41) is 13.8. The van der Waals surface area contributed by atoms with Crippen LogP contribution in [0.4, 0.5) is 0 Å². The Labute approximate surface area is 191 Å². The van der Waals surface area contributed by atoms with E-state index in [1.165, 1.54) is 0 Å². The number of aliphatic imine (C=N–C) groups is 1. The molecule has 0 bridgehead atoms. The van der Waals surface area contributed by atoms with Gasteiger partial charge in [-0.15, -0.1) is 24.0 Å². The van der Waals surface area contributed by atoms with Crippen molar-refractivity contribution in [3.8, 4) is 11.5 Å². The number of aliphatic hydroxyl groups excluding tert-OH is 1. The minimum atomic E-state index is -0.692. The van der Waals surface area contributed by atoms with Gasteiger partial charge in [-0.1, -0.05) is 24.3 Å². The standard InChI is InChI=1S/C22H31N3O3.HI/c1-5-23-22(24-15-21(26)18-8-7-9-20(14-18)27-4)25(3)16-17-10-12-19(13-11-17)28-6-2;/h7-14,21,26H,5-6,15-16H2,1-4H3,(H,23,24);1H. The van der Waals surface area contributed by atoms with E-state index in [4.69, 9.17) is 9.47 Å². The summed E-state index contributed by atoms with van der Waals surface area (Å²) in [6.07, 6.45) is -0.692. The van der Waals surface area contributed by atoms with E-state index in [1.54, 1.807) is 7.11 Å². The highest BCUT2D eigenvalue weighted by molar-refractivity contribution is 14.0. The molecule has 0 saturated carbocycles. The fourth-order valence-corrected chi connectivity index (χ4v) is 2.80. The molecule has 0 amide bonds. The minimum Gasteiger partial charge on any atom is -0.497 e. The third-order valence-corrected chi connectivity index (χ3v) is 4.24. The Morgan fingerprint density at radius 1 is 1.14 bits per heavy atom. The summed E-state index contributed by atoms with van der Waals surface area (Å²) < 4.78 is 10.7. The maximum Gasteiger partial charge on any atom is 0.194 e. The lowest BCUT2D eigenvalue weighted by Crippen LogP contribution is -2.38. The molecular formula is C22H32IN3O3. The summed E-state index contributed by atoms with van der Waals surface area (Å²) in [6.45, 7) is 6.38. The molecule has 2 aromatic carbocycles. The lowest BCUT2D eigenvalue weighted by atomic mass is 10.1. The van der Waals surface area contributed by atoms with E-state index in [9.17, 15) is 5.11 Å². The number of nitrogens with zero attached hydrogens (tertiary/aromatic N) is 2. The summed E-state index contributed by atoms with van der Waals surface area (Å²) in [4.78, 5) is 6.64. The molecule has 0 aliphatic heterocycles. The first kappa shape index (κ1) is 25.0. The Kier molecular flexibility index (Phi) is 11.5. The first-order valence-corrected chi connectivity index (χ1v) is 9.60. The van der Waals surface area contributed by atoms with Gasteiger partial charge in [0.15, 0.2) is 5.96 Å². The second-order valence-corrected chi connectivity index (χ2v) is 6.42. The first-order chi connectivity index (χ1) is 13.6. The van der Waals surface area contributed by atoms with E-state index < -0.39 is 6.10 Å². The van der Waals surface area contributed by atoms with Gasteiger partial charge in [0, 0.05) is 20.1 Å². The van der Waals surface area contributed by atoms with Gasteiger partial charge < -0.3 is 24.8 Å². The number of benzene rings is 2. The maximum atomic E-state index is 10.5. The van der Waals surface area contributed by atoms with Crippen LogP contribution in [0.3, 0.4) is 0 Å². The van der Waals surface area contributed by atoms with Crippen molar-refractivity contribution >= 4 is 29.9 Å². The summed E-state index contributed by atoms with van der Waals surface area (Å²) in [5.41, 5.74) is 1.94. The third-order valence-electron chi connectivity index (χ3n) is 4.24. The molecule has 29 heavy (non-hydrogen) atoms. The van der Waals surface area contributed by atoms with Crippen LogP contribution in [0, 0.1) is 0 Å². The van der Waals surface area contributed by atoms with Gasteiger partial charge in [-0.25, -0.2) is 0 Å². The summed E-state index contributed by atoms with van der Waals surface area (Å²) in [5.74, 6) is 2.34. The van der Waals surface area contributed by atoms with Crippen LogP contribution in [0.25, 0.3) is 0 Å². The van der Waals surface area contributed by atoms with Gasteiger partial charge in [0.25, 0.3) is 0 Å². The molecule has 2 rings (SSSR count). The number of nitrogens with one attached hydrogen (secondary N) is 1. The topological polar surface area (TPSA) is 66.3 Å². The van der Waals surface area contributed by atoms with E-state index in [1.807, 2.05) is 62.2 Å². The fraction of sp³-hybridized carbons (Fsp3) is 0.409. The van der Waals surface area contributed by atoms with Crippen molar-refractivity contribution in [1.29, 1.82) is 0 Å². The summed E-state index contributed by atoms with van der Waals surface area (Å²) in [7, 11) is 3.60. The number of methoxy groups -OCH3 is 1. The van der Waals surface area contributed by atoms with Crippen molar-refractivity contribution in [2.24, 2.45) is 4.99 Å². The Morgan fingerprint density at radius 2 is 1.86 bits per heavy atom. The Hall–Kier alpha value is -2.00. The average molecular weight is 513 g/mol. The second kappa shape index (κ2) is 13.3. The van der Waals surface area contributed by atoms with Crippen LogP contribution in [-0.2, 0) is 6.54 Å². The number of rotatable bonds is 9. The molecule has 0 fully saturated rings. The van der Waals surface area contributed by atoms with E-state index in [0.29, 0.717) is 13.2 Å². The minimum absolute atomic E-state index is 0. The van der Waals surface area contributed by atoms with Crippen molar-refractivity contribution < 1.29 is 14.6 Å². The molecule has 0 radical (unpaired) electrons. The third kappa shape index (κ3) is 8.10. The van der Waals surface area contributed by atoms with Crippen LogP contribution >= 0.6 is 24.0 Å². The molecule has 0 aromatic heterocycles. The molecule has 0 heterocycles. The van der Waals surface area contributed by atoms with Crippen molar-refractivity contribution in [1.82, 2.24) is 10.2 Å². The first-order valence-electron chi connectivity index (χ1n) is 9.60. The molecule has 1 unspecified atom stereocenters. The predicted octanol–water partition coefficient (Wildman–Crippen LogP) is 3.84. The van der Waals surface area contributed by atoms with E-state index in [2.05, 4.69) is 22.4 Å². The molecule has 0 aliphatic carbocycles. The SMILES string of the molecule is CCNC(=NCC(O)c1cccc(OC)c1)N(C)Cc1ccc(OCC)cc1.I. The van der Waals surface area contributed by atoms with Crippen molar-refractivity contribution in [3.63, 3.8) is 0 Å².